The van der Waals surface area contributed by atoms with E-state index in [1.165, 1.54) is 41.5 Å². The molecule has 0 aliphatic carbocycles. The maximum atomic E-state index is 3.74. The summed E-state index contributed by atoms with van der Waals surface area (Å²) in [5.74, 6) is 0. The maximum Gasteiger partial charge on any atom is 0.0265 e. The minimum atomic E-state index is 0.943. The van der Waals surface area contributed by atoms with Gasteiger partial charge in [0.1, 0.15) is 0 Å². The fraction of sp³-hybridized carbons (Fsp3) is 0.600. The summed E-state index contributed by atoms with van der Waals surface area (Å²) in [4.78, 5) is 2.42. The highest BCUT2D eigenvalue weighted by molar-refractivity contribution is 9.10. The van der Waals surface area contributed by atoms with E-state index < -0.39 is 0 Å². The average Bonchev–Trinajstić information content (AvgIpc) is 2.40. The van der Waals surface area contributed by atoms with Crippen molar-refractivity contribution >= 4 is 15.9 Å². The third-order valence-corrected chi connectivity index (χ3v) is 4.59. The van der Waals surface area contributed by atoms with E-state index in [0.29, 0.717) is 0 Å². The fourth-order valence-electron chi connectivity index (χ4n) is 2.41. The van der Waals surface area contributed by atoms with Crippen molar-refractivity contribution < 1.29 is 0 Å². The molecule has 19 heavy (non-hydrogen) atoms. The van der Waals surface area contributed by atoms with E-state index >= 15 is 0 Å². The molecule has 3 nitrogen and oxygen atoms in total. The molecule has 0 amide bonds. The zero-order valence-electron chi connectivity index (χ0n) is 11.7. The maximum absolute atomic E-state index is 3.74. The van der Waals surface area contributed by atoms with Crippen LogP contribution in [0.5, 0.6) is 0 Å². The van der Waals surface area contributed by atoms with Gasteiger partial charge in [0.15, 0.2) is 0 Å². The van der Waals surface area contributed by atoms with E-state index in [0.717, 1.165) is 26.2 Å². The Hall–Kier alpha value is -0.420. The molecule has 0 saturated carbocycles. The van der Waals surface area contributed by atoms with Crippen LogP contribution in [0.25, 0.3) is 0 Å². The predicted molar refractivity (Wildman–Crippen MR) is 84.3 cm³/mol. The molecule has 1 aromatic carbocycles. The quantitative estimate of drug-likeness (QED) is 0.766. The van der Waals surface area contributed by atoms with E-state index in [4.69, 9.17) is 0 Å². The van der Waals surface area contributed by atoms with Gasteiger partial charge < -0.3 is 15.5 Å². The first-order chi connectivity index (χ1) is 9.27. The number of hydrogen-bond donors (Lipinski definition) is 2. The highest BCUT2D eigenvalue weighted by atomic mass is 79.9. The van der Waals surface area contributed by atoms with Gasteiger partial charge in [0.05, 0.1) is 0 Å². The van der Waals surface area contributed by atoms with Crippen LogP contribution in [0.15, 0.2) is 22.7 Å². The second kappa shape index (κ2) is 8.00. The molecule has 106 valence electrons. The minimum absolute atomic E-state index is 0.943. The number of halogens is 1. The highest BCUT2D eigenvalue weighted by Gasteiger charge is 2.06. The molecule has 0 fully saturated rings. The molecule has 2 N–H and O–H groups in total. The fourth-order valence-corrected chi connectivity index (χ4v) is 2.96. The Morgan fingerprint density at radius 3 is 2.05 bits per heavy atom. The Morgan fingerprint density at radius 1 is 1.00 bits per heavy atom. The lowest BCUT2D eigenvalue weighted by atomic mass is 10.1. The van der Waals surface area contributed by atoms with Crippen LogP contribution in [0.4, 0.5) is 0 Å². The highest BCUT2D eigenvalue weighted by Crippen LogP contribution is 2.21. The van der Waals surface area contributed by atoms with Crippen LogP contribution in [0, 0.1) is 0 Å². The SMILES string of the molecule is CN1CCCNCc2cccc(c2Br)CNCCC1. The summed E-state index contributed by atoms with van der Waals surface area (Å²) in [7, 11) is 2.21. The van der Waals surface area contributed by atoms with Gasteiger partial charge in [-0.05, 0) is 57.2 Å². The van der Waals surface area contributed by atoms with Crippen molar-refractivity contribution in [2.24, 2.45) is 0 Å². The number of nitrogens with one attached hydrogen (secondary N) is 2. The molecule has 1 aromatic rings. The molecule has 0 unspecified atom stereocenters. The Labute approximate surface area is 124 Å². The Kier molecular flexibility index (Phi) is 6.31. The normalized spacial score (nSPS) is 19.9. The zero-order valence-corrected chi connectivity index (χ0v) is 13.3. The average molecular weight is 326 g/mol. The monoisotopic (exact) mass is 325 g/mol. The number of benzene rings is 1. The second-order valence-electron chi connectivity index (χ2n) is 5.25. The van der Waals surface area contributed by atoms with Gasteiger partial charge in [-0.2, -0.15) is 0 Å². The number of hydrogen-bond acceptors (Lipinski definition) is 3. The van der Waals surface area contributed by atoms with Crippen LogP contribution in [-0.2, 0) is 13.1 Å². The molecule has 4 heteroatoms. The van der Waals surface area contributed by atoms with Crippen LogP contribution in [0.3, 0.4) is 0 Å². The van der Waals surface area contributed by atoms with Crippen molar-refractivity contribution in [2.45, 2.75) is 25.9 Å². The largest absolute Gasteiger partial charge is 0.313 e. The molecule has 0 saturated heterocycles. The summed E-state index contributed by atoms with van der Waals surface area (Å²) < 4.78 is 1.25. The summed E-state index contributed by atoms with van der Waals surface area (Å²) >= 11 is 3.74. The number of fused-ring (bicyclic) bond motifs is 2. The van der Waals surface area contributed by atoms with Crippen molar-refractivity contribution in [3.8, 4) is 0 Å². The van der Waals surface area contributed by atoms with Crippen molar-refractivity contribution in [3.05, 3.63) is 33.8 Å². The third kappa shape index (κ3) is 4.88. The summed E-state index contributed by atoms with van der Waals surface area (Å²) in [5, 5.41) is 7.06. The van der Waals surface area contributed by atoms with Crippen LogP contribution in [0.1, 0.15) is 24.0 Å². The molecule has 0 aromatic heterocycles. The van der Waals surface area contributed by atoms with Crippen LogP contribution in [0.2, 0.25) is 0 Å². The van der Waals surface area contributed by atoms with Crippen molar-refractivity contribution in [1.82, 2.24) is 15.5 Å². The van der Waals surface area contributed by atoms with E-state index in [1.54, 1.807) is 0 Å². The Balaban J connectivity index is 2.01. The summed E-state index contributed by atoms with van der Waals surface area (Å²) in [6.07, 6.45) is 2.42. The summed E-state index contributed by atoms with van der Waals surface area (Å²) in [6.45, 7) is 6.40. The summed E-state index contributed by atoms with van der Waals surface area (Å²) in [6, 6.07) is 6.54. The van der Waals surface area contributed by atoms with Crippen molar-refractivity contribution in [1.29, 1.82) is 0 Å². The van der Waals surface area contributed by atoms with Gasteiger partial charge in [-0.25, -0.2) is 0 Å². The molecule has 2 bridgehead atoms. The zero-order chi connectivity index (χ0) is 13.5. The summed E-state index contributed by atoms with van der Waals surface area (Å²) in [5.41, 5.74) is 2.70. The second-order valence-corrected chi connectivity index (χ2v) is 6.05. The molecule has 0 spiro atoms. The molecule has 1 heterocycles. The van der Waals surface area contributed by atoms with Gasteiger partial charge in [0, 0.05) is 17.6 Å². The van der Waals surface area contributed by atoms with Crippen LogP contribution >= 0.6 is 15.9 Å². The standard InChI is InChI=1S/C15H24BrN3/c1-19-9-3-7-17-11-13-5-2-6-14(15(13)16)12-18-8-4-10-19/h2,5-6,17-18H,3-4,7-12H2,1H3. The van der Waals surface area contributed by atoms with Gasteiger partial charge in [0.25, 0.3) is 0 Å². The first kappa shape index (κ1) is 15.0. The van der Waals surface area contributed by atoms with Gasteiger partial charge in [-0.3, -0.25) is 0 Å². The minimum Gasteiger partial charge on any atom is -0.313 e. The molecule has 1 aliphatic rings. The predicted octanol–water partition coefficient (Wildman–Crippen LogP) is 2.35. The lowest BCUT2D eigenvalue weighted by Gasteiger charge is -2.18. The van der Waals surface area contributed by atoms with Crippen molar-refractivity contribution in [2.75, 3.05) is 33.2 Å². The topological polar surface area (TPSA) is 27.3 Å². The first-order valence-corrected chi connectivity index (χ1v) is 7.93. The third-order valence-electron chi connectivity index (χ3n) is 3.58. The smallest absolute Gasteiger partial charge is 0.0265 e. The molecular weight excluding hydrogens is 302 g/mol. The number of nitrogens with zero attached hydrogens (tertiary/aromatic N) is 1. The van der Waals surface area contributed by atoms with Crippen LogP contribution in [-0.4, -0.2) is 38.1 Å². The first-order valence-electron chi connectivity index (χ1n) is 7.13. The van der Waals surface area contributed by atoms with E-state index in [2.05, 4.69) is 56.7 Å². The van der Waals surface area contributed by atoms with Gasteiger partial charge in [0.2, 0.25) is 0 Å². The molecule has 0 radical (unpaired) electrons. The Bertz CT molecular complexity index is 363. The Morgan fingerprint density at radius 2 is 1.53 bits per heavy atom. The molecule has 0 atom stereocenters. The van der Waals surface area contributed by atoms with Crippen molar-refractivity contribution in [3.63, 3.8) is 0 Å². The van der Waals surface area contributed by atoms with Gasteiger partial charge >= 0.3 is 0 Å². The van der Waals surface area contributed by atoms with Gasteiger partial charge in [-0.15, -0.1) is 0 Å². The van der Waals surface area contributed by atoms with E-state index in [9.17, 15) is 0 Å². The molecule has 1 aliphatic heterocycles. The lowest BCUT2D eigenvalue weighted by molar-refractivity contribution is 0.319. The van der Waals surface area contributed by atoms with E-state index in [-0.39, 0.29) is 0 Å². The molecule has 2 rings (SSSR count). The lowest BCUT2D eigenvalue weighted by Crippen LogP contribution is -2.27. The van der Waals surface area contributed by atoms with Crippen LogP contribution < -0.4 is 10.6 Å². The molecular formula is C15H24BrN3. The number of rotatable bonds is 0. The van der Waals surface area contributed by atoms with Gasteiger partial charge in [-0.1, -0.05) is 34.1 Å². The van der Waals surface area contributed by atoms with E-state index in [1.807, 2.05) is 0 Å².